The number of nitrogens with one attached hydrogen (secondary N) is 14. The fourth-order valence-electron chi connectivity index (χ4n) is 15.8. The van der Waals surface area contributed by atoms with Crippen LogP contribution in [0.15, 0.2) is 18.2 Å². The lowest BCUT2D eigenvalue weighted by Gasteiger charge is -2.42. The lowest BCUT2D eigenvalue weighted by molar-refractivity contribution is -0.270. The SMILES string of the molecule is COP(=O)(O)OCCCCCCSC(CC(=O)O)C(=O)NCCC(=O)NCCOc1cc(C(=O)NCCNC(=O)[C@H](CCCCNC(=O)CCCCOC2OC(CO)C(O)C(O)C2NC(C)=O)NC(=O)CCCCOC2OC(CO)C(O)C(O)C2NC(C)=O)cc(C(=O)NCCNC(=O)[C@H](CCCCNC(=O)CCCCOC2OC(CO)C(O)C(O)C2NC(C)=O)NC(=O)CCCCOC2OC(CO)C(O)C(O)C2NC(C)=O)c1. The molecule has 0 bridgehead atoms. The highest BCUT2D eigenvalue weighted by molar-refractivity contribution is 8.00. The Morgan fingerprint density at radius 2 is 0.691 bits per heavy atom. The number of unbranched alkanes of at least 4 members (excludes halogenated alkanes) is 9. The van der Waals surface area contributed by atoms with E-state index in [-0.39, 0.29) is 204 Å². The van der Waals surface area contributed by atoms with Gasteiger partial charge in [-0.2, -0.15) is 0 Å². The number of hydrogen-bond donors (Lipinski definition) is 28. The molecule has 1 aromatic rings. The summed E-state index contributed by atoms with van der Waals surface area (Å²) in [4.78, 5) is 205. The molecule has 57 heteroatoms. The quantitative estimate of drug-likeness (QED) is 0.0213. The highest BCUT2D eigenvalue weighted by Crippen LogP contribution is 2.42. The van der Waals surface area contributed by atoms with Crippen LogP contribution in [-0.4, -0.2) is 431 Å². The second-order valence-electron chi connectivity index (χ2n) is 35.9. The van der Waals surface area contributed by atoms with Gasteiger partial charge < -0.3 is 188 Å². The maximum atomic E-state index is 14.2. The van der Waals surface area contributed by atoms with Crippen LogP contribution < -0.4 is 79.2 Å². The van der Waals surface area contributed by atoms with Gasteiger partial charge in [0.1, 0.15) is 122 Å². The van der Waals surface area contributed by atoms with E-state index in [0.29, 0.717) is 70.0 Å². The van der Waals surface area contributed by atoms with Gasteiger partial charge in [0, 0.05) is 150 Å². The lowest BCUT2D eigenvalue weighted by atomic mass is 9.97. The number of phosphoric ester groups is 1. The number of rotatable bonds is 74. The smallest absolute Gasteiger partial charge is 0.471 e. The summed E-state index contributed by atoms with van der Waals surface area (Å²) >= 11 is 1.11. The Hall–Kier alpha value is -9.27. The maximum absolute atomic E-state index is 14.2. The van der Waals surface area contributed by atoms with Gasteiger partial charge in [-0.25, -0.2) is 4.57 Å². The average molecular weight is 2180 g/mol. The zero-order valence-corrected chi connectivity index (χ0v) is 86.3. The molecule has 4 aliphatic rings. The number of phosphoric acid groups is 1. The maximum Gasteiger partial charge on any atom is 0.471 e. The van der Waals surface area contributed by atoms with Crippen molar-refractivity contribution in [1.29, 1.82) is 0 Å². The highest BCUT2D eigenvalue weighted by Gasteiger charge is 2.50. The number of ether oxygens (including phenoxy) is 9. The van der Waals surface area contributed by atoms with Crippen LogP contribution in [0.3, 0.4) is 0 Å². The fourth-order valence-corrected chi connectivity index (χ4v) is 17.4. The van der Waals surface area contributed by atoms with Crippen molar-refractivity contribution in [3.63, 3.8) is 0 Å². The number of aliphatic carboxylic acids is 1. The molecule has 5 rings (SSSR count). The second-order valence-corrected chi connectivity index (χ2v) is 38.8. The standard InChI is InChI=1S/C92H155N14O41PS/c1-52(111)101-72-80(126)76(122)61(48-107)144-89(72)139-37-17-10-24-66(115)93-29-14-8-22-59(105-69(118)26-12-19-39-141-91-74(103-54(3)113)82(128)78(124)63(50-109)146-91)86(132)99-34-32-97-84(130)56-44-57(46-58(45-56)138-42-36-95-68(117)28-31-96-88(134)65(47-71(120)121)149-43-21-7-6-16-41-143-148(135,136)137-5)85(131)98-33-35-100-87(133)60(106-70(119)27-13-20-40-142-92-75(104-55(4)114)83(129)79(125)64(51-110)147-92)23-9-15-30-94-67(116)25-11-18-38-140-90-73(102-53(2)112)81(127)77(123)62(49-108)145-90/h44-46,59-65,72-83,89-92,107-110,122-129H,6-43,47-51H2,1-5H3,(H,93,115)(H,94,116)(H,95,117)(H,96,134)(H,97,130)(H,98,131)(H,99,132)(H,100,133)(H,101,111)(H,102,112)(H,103,113)(H,104,114)(H,105,118)(H,106,119)(H,120,121)(H,135,136)/t59-,60-,61?,62?,63?,64?,65?,72?,73?,74?,75?,76?,77?,78?,79?,80?,81?,82?,83?,89?,90?,91?,92?/m0/s1. The molecule has 1 aromatic carbocycles. The average Bonchev–Trinajstić information content (AvgIpc) is 0.826. The van der Waals surface area contributed by atoms with E-state index in [2.05, 4.69) is 79.0 Å². The van der Waals surface area contributed by atoms with Gasteiger partial charge >= 0.3 is 13.8 Å². The molecule has 28 N–H and O–H groups in total. The predicted molar refractivity (Wildman–Crippen MR) is 521 cm³/mol. The fraction of sp³-hybridized carbons (Fsp3) is 0.772. The van der Waals surface area contributed by atoms with Crippen molar-refractivity contribution in [1.82, 2.24) is 74.4 Å². The molecule has 4 saturated heterocycles. The molecule has 4 fully saturated rings. The number of benzene rings is 1. The number of aliphatic hydroxyl groups is 12. The predicted octanol–water partition coefficient (Wildman–Crippen LogP) is -7.65. The molecule has 4 heterocycles. The Labute approximate surface area is 866 Å². The number of hydrogen-bond acceptors (Lipinski definition) is 40. The van der Waals surface area contributed by atoms with E-state index >= 15 is 0 Å². The van der Waals surface area contributed by atoms with Crippen LogP contribution in [0.1, 0.15) is 203 Å². The Balaban J connectivity index is 1.27. The molecule has 22 unspecified atom stereocenters. The highest BCUT2D eigenvalue weighted by atomic mass is 32.2. The normalized spacial score (nSPS) is 24.6. The van der Waals surface area contributed by atoms with E-state index in [4.69, 9.17) is 47.2 Å². The summed E-state index contributed by atoms with van der Waals surface area (Å²) in [6.45, 7) is 0.449. The number of thioether (sulfide) groups is 1. The monoisotopic (exact) mass is 2170 g/mol. The molecule has 149 heavy (non-hydrogen) atoms. The summed E-state index contributed by atoms with van der Waals surface area (Å²) < 4.78 is 72.2. The van der Waals surface area contributed by atoms with Crippen molar-refractivity contribution in [3.05, 3.63) is 29.3 Å². The summed E-state index contributed by atoms with van der Waals surface area (Å²) in [6.07, 6.45) is -17.9. The number of carbonyl (C=O) groups is 15. The van der Waals surface area contributed by atoms with Gasteiger partial charge in [0.05, 0.1) is 51.2 Å². The van der Waals surface area contributed by atoms with Gasteiger partial charge in [-0.3, -0.25) is 81.0 Å². The lowest BCUT2D eigenvalue weighted by Crippen LogP contribution is -2.64. The first kappa shape index (κ1) is 130. The van der Waals surface area contributed by atoms with E-state index in [0.717, 1.165) is 18.9 Å². The zero-order valence-electron chi connectivity index (χ0n) is 84.6. The molecule has 850 valence electrons. The van der Waals surface area contributed by atoms with Crippen molar-refractivity contribution in [3.8, 4) is 5.75 Å². The summed E-state index contributed by atoms with van der Waals surface area (Å²) in [7, 11) is -3.09. The topological polar surface area (TPSA) is 826 Å². The minimum Gasteiger partial charge on any atom is -0.492 e. The Kier molecular flexibility index (Phi) is 62.5. The van der Waals surface area contributed by atoms with Gasteiger partial charge in [-0.05, 0) is 127 Å². The van der Waals surface area contributed by atoms with E-state index in [9.17, 15) is 148 Å². The minimum atomic E-state index is -4.12. The first-order valence-corrected chi connectivity index (χ1v) is 52.6. The zero-order chi connectivity index (χ0) is 110. The minimum absolute atomic E-state index is 0.00163. The molecule has 55 nitrogen and oxygen atoms in total. The first-order chi connectivity index (χ1) is 71.0. The van der Waals surface area contributed by atoms with Gasteiger partial charge in [0.2, 0.25) is 70.9 Å². The first-order valence-electron chi connectivity index (χ1n) is 50.0. The van der Waals surface area contributed by atoms with E-state index in [1.165, 1.54) is 45.9 Å². The molecule has 0 saturated carbocycles. The summed E-state index contributed by atoms with van der Waals surface area (Å²) in [5.41, 5.74) is -0.344. The molecule has 0 radical (unpaired) electrons. The molecule has 4 aliphatic heterocycles. The number of carbonyl (C=O) groups excluding carboxylic acids is 14. The van der Waals surface area contributed by atoms with Crippen molar-refractivity contribution in [2.75, 3.05) is 131 Å². The number of amides is 14. The van der Waals surface area contributed by atoms with Crippen LogP contribution in [0.2, 0.25) is 0 Å². The van der Waals surface area contributed by atoms with Gasteiger partial charge in [0.15, 0.2) is 25.2 Å². The Morgan fingerprint density at radius 3 is 1.04 bits per heavy atom. The molecule has 0 aromatic heterocycles. The second kappa shape index (κ2) is 71.6. The van der Waals surface area contributed by atoms with Crippen molar-refractivity contribution < 1.29 is 199 Å². The molecule has 0 spiro atoms. The largest absolute Gasteiger partial charge is 0.492 e. The Bertz CT molecular complexity index is 4130. The molecule has 0 aliphatic carbocycles. The van der Waals surface area contributed by atoms with Crippen LogP contribution in [0.4, 0.5) is 0 Å². The molecular formula is C92H155N14O41PS. The van der Waals surface area contributed by atoms with E-state index in [1.807, 2.05) is 0 Å². The van der Waals surface area contributed by atoms with Crippen LogP contribution in [0, 0.1) is 0 Å². The number of carboxylic acids is 1. The number of carboxylic acid groups (broad SMARTS) is 1. The third-order valence-electron chi connectivity index (χ3n) is 23.8. The van der Waals surface area contributed by atoms with Crippen LogP contribution in [-0.2, 0) is 114 Å². The molecule has 24 atom stereocenters. The Morgan fingerprint density at radius 1 is 0.362 bits per heavy atom. The van der Waals surface area contributed by atoms with E-state index in [1.54, 1.807) is 0 Å². The van der Waals surface area contributed by atoms with E-state index < -0.39 is 257 Å². The van der Waals surface area contributed by atoms with Gasteiger partial charge in [-0.15, -0.1) is 11.8 Å². The third kappa shape index (κ3) is 49.6. The van der Waals surface area contributed by atoms with Crippen LogP contribution in [0.25, 0.3) is 0 Å². The van der Waals surface area contributed by atoms with Crippen LogP contribution >= 0.6 is 19.6 Å². The van der Waals surface area contributed by atoms with Gasteiger partial charge in [0.25, 0.3) is 11.8 Å². The molecular weight excluding hydrogens is 2020 g/mol. The van der Waals surface area contributed by atoms with Crippen molar-refractivity contribution in [2.24, 2.45) is 0 Å². The molecule has 14 amide bonds. The third-order valence-corrected chi connectivity index (χ3v) is 26.1. The summed E-state index contributed by atoms with van der Waals surface area (Å²) in [5, 5.41) is 168. The van der Waals surface area contributed by atoms with Gasteiger partial charge in [-0.1, -0.05) is 12.8 Å². The van der Waals surface area contributed by atoms with Crippen molar-refractivity contribution in [2.45, 2.75) is 322 Å². The number of aliphatic hydroxyl groups excluding tert-OH is 12. The summed E-state index contributed by atoms with van der Waals surface area (Å²) in [5.74, 6) is -9.17. The summed E-state index contributed by atoms with van der Waals surface area (Å²) in [6, 6.07) is -3.42. The van der Waals surface area contributed by atoms with Crippen molar-refractivity contribution >= 4 is 108 Å². The van der Waals surface area contributed by atoms with Crippen LogP contribution in [0.5, 0.6) is 5.75 Å².